The molecule has 0 saturated carbocycles. The Morgan fingerprint density at radius 1 is 0.900 bits per heavy atom. The molecular formula is C24H23N4O2+. The number of amides is 1. The van der Waals surface area contributed by atoms with E-state index in [1.165, 1.54) is 5.56 Å². The third-order valence-corrected chi connectivity index (χ3v) is 4.97. The van der Waals surface area contributed by atoms with E-state index in [2.05, 4.69) is 28.1 Å². The van der Waals surface area contributed by atoms with Crippen LogP contribution in [0.1, 0.15) is 15.9 Å². The lowest BCUT2D eigenvalue weighted by Crippen LogP contribution is -2.33. The van der Waals surface area contributed by atoms with Gasteiger partial charge in [-0.1, -0.05) is 42.5 Å². The number of hydrogen-bond acceptors (Lipinski definition) is 3. The molecule has 6 heteroatoms. The second kappa shape index (κ2) is 8.71. The minimum absolute atomic E-state index is 0.0324. The number of rotatable bonds is 7. The van der Waals surface area contributed by atoms with Gasteiger partial charge in [0.05, 0.1) is 6.54 Å². The summed E-state index contributed by atoms with van der Waals surface area (Å²) in [6.45, 7) is 0.883. The zero-order valence-electron chi connectivity index (χ0n) is 16.5. The Hall–Kier alpha value is -3.77. The summed E-state index contributed by atoms with van der Waals surface area (Å²) in [5.74, 6) is -0.268. The number of imidazole rings is 1. The number of fused-ring (bicyclic) bond motifs is 1. The molecule has 0 saturated heterocycles. The number of benzene rings is 3. The lowest BCUT2D eigenvalue weighted by molar-refractivity contribution is -0.663. The third-order valence-electron chi connectivity index (χ3n) is 4.97. The van der Waals surface area contributed by atoms with Gasteiger partial charge in [-0.05, 0) is 42.0 Å². The van der Waals surface area contributed by atoms with Crippen LogP contribution in [0.15, 0.2) is 85.2 Å². The average molecular weight is 399 g/mol. The van der Waals surface area contributed by atoms with Gasteiger partial charge in [-0.25, -0.2) is 9.13 Å². The molecule has 0 unspecified atom stereocenters. The summed E-state index contributed by atoms with van der Waals surface area (Å²) < 4.78 is 4.09. The molecule has 3 aromatic carbocycles. The summed E-state index contributed by atoms with van der Waals surface area (Å²) in [6, 6.07) is 25.0. The van der Waals surface area contributed by atoms with Crippen molar-refractivity contribution in [3.8, 4) is 0 Å². The van der Waals surface area contributed by atoms with Gasteiger partial charge in [-0.3, -0.25) is 9.59 Å². The van der Waals surface area contributed by atoms with Crippen molar-refractivity contribution in [3.05, 3.63) is 96.3 Å². The Balaban J connectivity index is 1.52. The number of carbonyl (C=O) groups excluding carboxylic acids is 2. The van der Waals surface area contributed by atoms with Crippen molar-refractivity contribution in [2.24, 2.45) is 5.73 Å². The van der Waals surface area contributed by atoms with Crippen molar-refractivity contribution in [3.63, 3.8) is 0 Å². The number of hydrogen-bond donors (Lipinski definition) is 2. The maximum Gasteiger partial charge on any atom is 0.266 e. The molecule has 0 fully saturated rings. The Bertz CT molecular complexity index is 1180. The SMILES string of the molecule is NCC(=O)c1ccc(NC(=O)Cn2c[n+](Cc3ccccc3)c3ccccc32)cc1. The van der Waals surface area contributed by atoms with Gasteiger partial charge in [-0.15, -0.1) is 0 Å². The van der Waals surface area contributed by atoms with Gasteiger partial charge in [0.2, 0.25) is 6.33 Å². The maximum atomic E-state index is 12.6. The maximum absolute atomic E-state index is 12.6. The average Bonchev–Trinajstić information content (AvgIpc) is 3.11. The fourth-order valence-electron chi connectivity index (χ4n) is 3.49. The number of nitrogens with one attached hydrogen (secondary N) is 1. The van der Waals surface area contributed by atoms with Gasteiger partial charge in [0.15, 0.2) is 23.4 Å². The molecular weight excluding hydrogens is 376 g/mol. The molecule has 0 aliphatic rings. The molecule has 3 N–H and O–H groups in total. The second-order valence-electron chi connectivity index (χ2n) is 7.10. The van der Waals surface area contributed by atoms with E-state index >= 15 is 0 Å². The van der Waals surface area contributed by atoms with Crippen molar-refractivity contribution >= 4 is 28.4 Å². The first-order valence-electron chi connectivity index (χ1n) is 9.78. The van der Waals surface area contributed by atoms with E-state index in [0.29, 0.717) is 11.3 Å². The summed E-state index contributed by atoms with van der Waals surface area (Å²) in [7, 11) is 0. The first-order chi connectivity index (χ1) is 14.6. The lowest BCUT2D eigenvalue weighted by atomic mass is 10.1. The quantitative estimate of drug-likeness (QED) is 0.370. The van der Waals surface area contributed by atoms with E-state index < -0.39 is 0 Å². The lowest BCUT2D eigenvalue weighted by Gasteiger charge is -2.05. The monoisotopic (exact) mass is 399 g/mol. The van der Waals surface area contributed by atoms with Crippen molar-refractivity contribution in [1.82, 2.24) is 4.57 Å². The van der Waals surface area contributed by atoms with Crippen LogP contribution >= 0.6 is 0 Å². The summed E-state index contributed by atoms with van der Waals surface area (Å²) in [4.78, 5) is 24.3. The molecule has 6 nitrogen and oxygen atoms in total. The van der Waals surface area contributed by atoms with Crippen LogP contribution < -0.4 is 15.6 Å². The smallest absolute Gasteiger partial charge is 0.266 e. The van der Waals surface area contributed by atoms with Crippen molar-refractivity contribution in [1.29, 1.82) is 0 Å². The highest BCUT2D eigenvalue weighted by molar-refractivity contribution is 5.98. The van der Waals surface area contributed by atoms with E-state index in [9.17, 15) is 9.59 Å². The van der Waals surface area contributed by atoms with Gasteiger partial charge >= 0.3 is 0 Å². The summed E-state index contributed by atoms with van der Waals surface area (Å²) in [5.41, 5.74) is 9.82. The van der Waals surface area contributed by atoms with Crippen LogP contribution in [0, 0.1) is 0 Å². The standard InChI is InChI=1S/C24H22N4O2/c25-14-23(29)19-10-12-20(13-11-19)26-24(30)16-28-17-27(15-18-6-2-1-3-7-18)21-8-4-5-9-22(21)28/h1-13,17H,14-16,25H2/p+1. The number of anilines is 1. The molecule has 0 aliphatic heterocycles. The molecule has 0 spiro atoms. The minimum Gasteiger partial charge on any atom is -0.324 e. The van der Waals surface area contributed by atoms with E-state index in [0.717, 1.165) is 17.6 Å². The molecule has 0 atom stereocenters. The first kappa shape index (κ1) is 19.5. The topological polar surface area (TPSA) is 81.0 Å². The van der Waals surface area contributed by atoms with Crippen LogP contribution in [0.4, 0.5) is 5.69 Å². The predicted octanol–water partition coefficient (Wildman–Crippen LogP) is 2.76. The van der Waals surface area contributed by atoms with E-state index in [-0.39, 0.29) is 24.8 Å². The highest BCUT2D eigenvalue weighted by Crippen LogP contribution is 2.14. The largest absolute Gasteiger partial charge is 0.324 e. The minimum atomic E-state index is -0.138. The molecule has 4 rings (SSSR count). The van der Waals surface area contributed by atoms with Gasteiger partial charge in [0.25, 0.3) is 5.91 Å². The van der Waals surface area contributed by atoms with Gasteiger partial charge in [0.1, 0.15) is 6.54 Å². The highest BCUT2D eigenvalue weighted by Gasteiger charge is 2.18. The molecule has 1 heterocycles. The van der Waals surface area contributed by atoms with Crippen LogP contribution in [0.2, 0.25) is 0 Å². The molecule has 0 radical (unpaired) electrons. The fourth-order valence-corrected chi connectivity index (χ4v) is 3.49. The zero-order chi connectivity index (χ0) is 20.9. The van der Waals surface area contributed by atoms with Gasteiger partial charge in [0, 0.05) is 11.3 Å². The Morgan fingerprint density at radius 3 is 2.33 bits per heavy atom. The molecule has 1 amide bonds. The molecule has 30 heavy (non-hydrogen) atoms. The third kappa shape index (κ3) is 4.29. The summed E-state index contributed by atoms with van der Waals surface area (Å²) in [5, 5.41) is 2.89. The van der Waals surface area contributed by atoms with E-state index in [1.807, 2.05) is 47.3 Å². The molecule has 1 aromatic heterocycles. The fraction of sp³-hybridized carbons (Fsp3) is 0.125. The van der Waals surface area contributed by atoms with Gasteiger partial charge in [-0.2, -0.15) is 0 Å². The number of ketones is 1. The van der Waals surface area contributed by atoms with Crippen LogP contribution in [0.25, 0.3) is 11.0 Å². The Kier molecular flexibility index (Phi) is 5.68. The van der Waals surface area contributed by atoms with Crippen LogP contribution in [0.3, 0.4) is 0 Å². The first-order valence-corrected chi connectivity index (χ1v) is 9.78. The predicted molar refractivity (Wildman–Crippen MR) is 116 cm³/mol. The number of aromatic nitrogens is 2. The molecule has 0 bridgehead atoms. The Morgan fingerprint density at radius 2 is 1.60 bits per heavy atom. The molecule has 4 aromatic rings. The molecule has 0 aliphatic carbocycles. The van der Waals surface area contributed by atoms with Crippen LogP contribution in [-0.4, -0.2) is 22.8 Å². The van der Waals surface area contributed by atoms with Crippen LogP contribution in [-0.2, 0) is 17.9 Å². The molecule has 150 valence electrons. The normalized spacial score (nSPS) is 10.8. The second-order valence-corrected chi connectivity index (χ2v) is 7.10. The zero-order valence-corrected chi connectivity index (χ0v) is 16.5. The number of nitrogens with zero attached hydrogens (tertiary/aromatic N) is 2. The number of nitrogens with two attached hydrogens (primary N) is 1. The van der Waals surface area contributed by atoms with Gasteiger partial charge < -0.3 is 11.1 Å². The number of Topliss-reactive ketones (excluding diaryl/α,β-unsaturated/α-hetero) is 1. The van der Waals surface area contributed by atoms with Crippen molar-refractivity contribution < 1.29 is 14.2 Å². The highest BCUT2D eigenvalue weighted by atomic mass is 16.2. The summed E-state index contributed by atoms with van der Waals surface area (Å²) >= 11 is 0. The van der Waals surface area contributed by atoms with Crippen molar-refractivity contribution in [2.45, 2.75) is 13.1 Å². The number of carbonyl (C=O) groups is 2. The van der Waals surface area contributed by atoms with Crippen molar-refractivity contribution in [2.75, 3.05) is 11.9 Å². The van der Waals surface area contributed by atoms with E-state index in [4.69, 9.17) is 5.73 Å². The summed E-state index contributed by atoms with van der Waals surface area (Å²) in [6.07, 6.45) is 1.97. The van der Waals surface area contributed by atoms with E-state index in [1.54, 1.807) is 24.3 Å². The Labute approximate surface area is 174 Å². The number of para-hydroxylation sites is 2. The van der Waals surface area contributed by atoms with Crippen LogP contribution in [0.5, 0.6) is 0 Å².